The van der Waals surface area contributed by atoms with Crippen LogP contribution in [0.4, 0.5) is 5.69 Å². The zero-order chi connectivity index (χ0) is 22.7. The van der Waals surface area contributed by atoms with Crippen molar-refractivity contribution in [3.05, 3.63) is 94.0 Å². The minimum atomic E-state index is -0.512. The molecule has 1 aliphatic heterocycles. The minimum absolute atomic E-state index is 0.0291. The Morgan fingerprint density at radius 1 is 1.03 bits per heavy atom. The number of nitrogens with one attached hydrogen (secondary N) is 1. The molecular formula is C25H21ClN2O4. The first-order valence-electron chi connectivity index (χ1n) is 9.94. The molecule has 1 N–H and O–H groups in total. The summed E-state index contributed by atoms with van der Waals surface area (Å²) in [6, 6.07) is 20.1. The van der Waals surface area contributed by atoms with E-state index in [0.29, 0.717) is 27.8 Å². The third-order valence-corrected chi connectivity index (χ3v) is 5.16. The SMILES string of the molecule is COc1cc(Cl)cc(/C=C2/C(=O)NN(c3ccccc3)C2=O)c1OCc1cccc(C)c1. The minimum Gasteiger partial charge on any atom is -0.493 e. The highest BCUT2D eigenvalue weighted by Crippen LogP contribution is 2.37. The molecule has 7 heteroatoms. The van der Waals surface area contributed by atoms with Gasteiger partial charge in [0.25, 0.3) is 11.8 Å². The van der Waals surface area contributed by atoms with Gasteiger partial charge in [-0.3, -0.25) is 15.0 Å². The number of nitrogens with zero attached hydrogens (tertiary/aromatic N) is 1. The van der Waals surface area contributed by atoms with Crippen LogP contribution < -0.4 is 19.9 Å². The summed E-state index contributed by atoms with van der Waals surface area (Å²) in [6.07, 6.45) is 1.47. The number of para-hydroxylation sites is 1. The number of amides is 2. The smallest absolute Gasteiger partial charge is 0.282 e. The van der Waals surface area contributed by atoms with Crippen LogP contribution in [-0.2, 0) is 16.2 Å². The number of hydrogen-bond donors (Lipinski definition) is 1. The molecular weight excluding hydrogens is 428 g/mol. The van der Waals surface area contributed by atoms with Crippen molar-refractivity contribution in [1.29, 1.82) is 0 Å². The first-order valence-corrected chi connectivity index (χ1v) is 10.3. The van der Waals surface area contributed by atoms with E-state index in [2.05, 4.69) is 5.43 Å². The van der Waals surface area contributed by atoms with Crippen LogP contribution in [0, 0.1) is 6.92 Å². The van der Waals surface area contributed by atoms with Crippen LogP contribution in [0.5, 0.6) is 11.5 Å². The molecule has 0 radical (unpaired) electrons. The first kappa shape index (κ1) is 21.5. The monoisotopic (exact) mass is 448 g/mol. The largest absolute Gasteiger partial charge is 0.493 e. The highest BCUT2D eigenvalue weighted by atomic mass is 35.5. The summed E-state index contributed by atoms with van der Waals surface area (Å²) in [4.78, 5) is 25.6. The molecule has 2 amide bonds. The number of aryl methyl sites for hydroxylation is 1. The van der Waals surface area contributed by atoms with Gasteiger partial charge in [-0.2, -0.15) is 0 Å². The predicted molar refractivity (Wildman–Crippen MR) is 124 cm³/mol. The van der Waals surface area contributed by atoms with Gasteiger partial charge < -0.3 is 9.47 Å². The van der Waals surface area contributed by atoms with Crippen LogP contribution >= 0.6 is 11.6 Å². The maximum Gasteiger partial charge on any atom is 0.282 e. The summed E-state index contributed by atoms with van der Waals surface area (Å²) in [5.74, 6) is -0.181. The van der Waals surface area contributed by atoms with Crippen LogP contribution in [0.25, 0.3) is 6.08 Å². The molecule has 32 heavy (non-hydrogen) atoms. The van der Waals surface area contributed by atoms with Gasteiger partial charge in [0.1, 0.15) is 12.2 Å². The number of rotatable bonds is 6. The Labute approximate surface area is 191 Å². The second kappa shape index (κ2) is 9.16. The number of hydrogen-bond acceptors (Lipinski definition) is 4. The maximum absolute atomic E-state index is 13.0. The molecule has 0 atom stereocenters. The normalized spacial score (nSPS) is 14.6. The van der Waals surface area contributed by atoms with Gasteiger partial charge in [-0.15, -0.1) is 0 Å². The summed E-state index contributed by atoms with van der Waals surface area (Å²) in [5, 5.41) is 1.60. The van der Waals surface area contributed by atoms with Crippen molar-refractivity contribution in [3.8, 4) is 11.5 Å². The number of carbonyl (C=O) groups is 2. The molecule has 162 valence electrons. The van der Waals surface area contributed by atoms with Crippen LogP contribution in [0.1, 0.15) is 16.7 Å². The van der Waals surface area contributed by atoms with E-state index in [1.165, 1.54) is 18.2 Å². The standard InChI is InChI=1S/C25H21ClN2O4/c1-16-7-6-8-17(11-16)15-32-23-18(12-19(26)14-22(23)31-2)13-21-24(29)27-28(25(21)30)20-9-4-3-5-10-20/h3-14H,15H2,1-2H3,(H,27,29)/b21-13-. The van der Waals surface area contributed by atoms with Gasteiger partial charge in [-0.1, -0.05) is 59.6 Å². The van der Waals surface area contributed by atoms with Crippen molar-refractivity contribution in [2.45, 2.75) is 13.5 Å². The summed E-state index contributed by atoms with van der Waals surface area (Å²) >= 11 is 6.26. The number of benzene rings is 3. The van der Waals surface area contributed by atoms with Gasteiger partial charge in [0, 0.05) is 16.7 Å². The molecule has 1 heterocycles. The summed E-state index contributed by atoms with van der Waals surface area (Å²) in [7, 11) is 1.51. The summed E-state index contributed by atoms with van der Waals surface area (Å²) in [6.45, 7) is 2.29. The van der Waals surface area contributed by atoms with Crippen molar-refractivity contribution in [1.82, 2.24) is 5.43 Å². The van der Waals surface area contributed by atoms with Crippen molar-refractivity contribution < 1.29 is 19.1 Å². The molecule has 0 saturated carbocycles. The van der Waals surface area contributed by atoms with E-state index >= 15 is 0 Å². The Balaban J connectivity index is 1.69. The molecule has 0 bridgehead atoms. The fraction of sp³-hybridized carbons (Fsp3) is 0.120. The molecule has 0 aliphatic carbocycles. The number of carbonyl (C=O) groups excluding carboxylic acids is 2. The third kappa shape index (κ3) is 4.45. The predicted octanol–water partition coefficient (Wildman–Crippen LogP) is 4.70. The van der Waals surface area contributed by atoms with Gasteiger partial charge >= 0.3 is 0 Å². The second-order valence-corrected chi connectivity index (χ2v) is 7.72. The summed E-state index contributed by atoms with van der Waals surface area (Å²) in [5.41, 5.74) is 5.68. The topological polar surface area (TPSA) is 67.9 Å². The molecule has 0 unspecified atom stereocenters. The molecule has 3 aromatic rings. The quantitative estimate of drug-likeness (QED) is 0.438. The number of anilines is 1. The van der Waals surface area contributed by atoms with Crippen molar-refractivity contribution in [2.24, 2.45) is 0 Å². The van der Waals surface area contributed by atoms with Crippen molar-refractivity contribution in [2.75, 3.05) is 12.1 Å². The van der Waals surface area contributed by atoms with Crippen molar-refractivity contribution in [3.63, 3.8) is 0 Å². The third-order valence-electron chi connectivity index (χ3n) is 4.94. The molecule has 1 saturated heterocycles. The van der Waals surface area contributed by atoms with E-state index in [1.807, 2.05) is 37.3 Å². The molecule has 6 nitrogen and oxygen atoms in total. The van der Waals surface area contributed by atoms with Gasteiger partial charge in [0.15, 0.2) is 11.5 Å². The molecule has 1 fully saturated rings. The number of ether oxygens (including phenoxy) is 2. The van der Waals surface area contributed by atoms with Gasteiger partial charge in [-0.25, -0.2) is 5.01 Å². The van der Waals surface area contributed by atoms with Gasteiger partial charge in [0.2, 0.25) is 0 Å². The van der Waals surface area contributed by atoms with Crippen LogP contribution in [0.15, 0.2) is 72.3 Å². The second-order valence-electron chi connectivity index (χ2n) is 7.28. The van der Waals surface area contributed by atoms with Crippen LogP contribution in [-0.4, -0.2) is 18.9 Å². The molecule has 3 aromatic carbocycles. The Bertz CT molecular complexity index is 1210. The van der Waals surface area contributed by atoms with Gasteiger partial charge in [-0.05, 0) is 36.8 Å². The fourth-order valence-electron chi connectivity index (χ4n) is 3.43. The van der Waals surface area contributed by atoms with E-state index in [0.717, 1.165) is 11.1 Å². The first-order chi connectivity index (χ1) is 15.5. The van der Waals surface area contributed by atoms with Gasteiger partial charge in [0.05, 0.1) is 12.8 Å². The Morgan fingerprint density at radius 2 is 1.81 bits per heavy atom. The molecule has 0 spiro atoms. The van der Waals surface area contributed by atoms with E-state index < -0.39 is 11.8 Å². The molecule has 1 aliphatic rings. The zero-order valence-corrected chi connectivity index (χ0v) is 18.3. The number of halogens is 1. The highest BCUT2D eigenvalue weighted by molar-refractivity contribution is 6.32. The Kier molecular flexibility index (Phi) is 6.14. The Morgan fingerprint density at radius 3 is 2.53 bits per heavy atom. The number of methoxy groups -OCH3 is 1. The zero-order valence-electron chi connectivity index (χ0n) is 17.6. The Hall–Kier alpha value is -3.77. The average molecular weight is 449 g/mol. The lowest BCUT2D eigenvalue weighted by molar-refractivity contribution is -0.117. The van der Waals surface area contributed by atoms with Crippen molar-refractivity contribution >= 4 is 35.2 Å². The van der Waals surface area contributed by atoms with Crippen LogP contribution in [0.2, 0.25) is 5.02 Å². The lowest BCUT2D eigenvalue weighted by Crippen LogP contribution is -2.35. The fourth-order valence-corrected chi connectivity index (χ4v) is 3.65. The molecule has 0 aromatic heterocycles. The lowest BCUT2D eigenvalue weighted by Gasteiger charge is -2.15. The lowest BCUT2D eigenvalue weighted by atomic mass is 10.1. The highest BCUT2D eigenvalue weighted by Gasteiger charge is 2.34. The van der Waals surface area contributed by atoms with E-state index in [-0.39, 0.29) is 12.2 Å². The average Bonchev–Trinajstić information content (AvgIpc) is 3.07. The molecule has 4 rings (SSSR count). The maximum atomic E-state index is 13.0. The van der Waals surface area contributed by atoms with E-state index in [4.69, 9.17) is 21.1 Å². The number of hydrazine groups is 1. The van der Waals surface area contributed by atoms with E-state index in [1.54, 1.807) is 36.4 Å². The van der Waals surface area contributed by atoms with E-state index in [9.17, 15) is 9.59 Å². The summed E-state index contributed by atoms with van der Waals surface area (Å²) < 4.78 is 11.5. The van der Waals surface area contributed by atoms with Crippen LogP contribution in [0.3, 0.4) is 0 Å².